The van der Waals surface area contributed by atoms with Gasteiger partial charge in [-0.2, -0.15) is 0 Å². The van der Waals surface area contributed by atoms with Crippen LogP contribution in [0.1, 0.15) is 36.1 Å². The Bertz CT molecular complexity index is 4130. The third-order valence-corrected chi connectivity index (χ3v) is 15.4. The van der Waals surface area contributed by atoms with Gasteiger partial charge in [-0.15, -0.1) is 0 Å². The van der Waals surface area contributed by atoms with E-state index < -0.39 is 5.41 Å². The fourth-order valence-electron chi connectivity index (χ4n) is 12.2. The maximum absolute atomic E-state index is 4.68. The first-order valence-electron chi connectivity index (χ1n) is 25.5. The Balaban J connectivity index is 0.963. The molecule has 0 fully saturated rings. The van der Waals surface area contributed by atoms with E-state index in [-0.39, 0.29) is 0 Å². The van der Waals surface area contributed by atoms with Crippen LogP contribution < -0.4 is 4.90 Å². The maximum atomic E-state index is 4.68. The van der Waals surface area contributed by atoms with Crippen molar-refractivity contribution in [1.82, 2.24) is 9.13 Å². The van der Waals surface area contributed by atoms with Gasteiger partial charge in [-0.05, 0) is 131 Å². The summed E-state index contributed by atoms with van der Waals surface area (Å²) in [4.78, 5) is 2.40. The number of nitrogens with zero attached hydrogens (tertiary/aromatic N) is 3. The zero-order chi connectivity index (χ0) is 49.9. The topological polar surface area (TPSA) is 13.1 Å². The van der Waals surface area contributed by atoms with E-state index in [0.29, 0.717) is 0 Å². The monoisotopic (exact) mass is 947 g/mol. The lowest BCUT2D eigenvalue weighted by atomic mass is 9.67. The third-order valence-electron chi connectivity index (χ3n) is 15.4. The summed E-state index contributed by atoms with van der Waals surface area (Å²) in [7, 11) is 0. The average molecular weight is 948 g/mol. The summed E-state index contributed by atoms with van der Waals surface area (Å²) in [5.41, 5.74) is 20.9. The second-order valence-electron chi connectivity index (χ2n) is 19.2. The van der Waals surface area contributed by atoms with Crippen molar-refractivity contribution in [3.63, 3.8) is 0 Å². The molecule has 12 aromatic rings. The second kappa shape index (κ2) is 18.0. The highest BCUT2D eigenvalue weighted by molar-refractivity contribution is 6.13. The molecule has 1 atom stereocenters. The van der Waals surface area contributed by atoms with Gasteiger partial charge in [0.25, 0.3) is 0 Å². The Labute approximate surface area is 432 Å². The minimum absolute atomic E-state index is 0.550. The summed E-state index contributed by atoms with van der Waals surface area (Å²) < 4.78 is 4.67. The normalized spacial score (nSPS) is 14.3. The Morgan fingerprint density at radius 3 is 1.54 bits per heavy atom. The molecule has 2 heterocycles. The van der Waals surface area contributed by atoms with Crippen molar-refractivity contribution in [3.05, 3.63) is 302 Å². The number of para-hydroxylation sites is 5. The molecule has 1 aliphatic carbocycles. The van der Waals surface area contributed by atoms with E-state index in [4.69, 9.17) is 0 Å². The van der Waals surface area contributed by atoms with Crippen molar-refractivity contribution in [2.75, 3.05) is 4.90 Å². The van der Waals surface area contributed by atoms with Crippen LogP contribution >= 0.6 is 0 Å². The zero-order valence-electron chi connectivity index (χ0n) is 41.6. The number of hydrogen-bond acceptors (Lipinski definition) is 1. The van der Waals surface area contributed by atoms with Crippen molar-refractivity contribution in [2.45, 2.75) is 19.3 Å². The van der Waals surface area contributed by atoms with Crippen molar-refractivity contribution >= 4 is 71.9 Å². The molecule has 2 aromatic heterocycles. The SMILES string of the molecule is C=C(C(=C)n1c2ccccc2c2ccccc21)c1ccc(N(c2ccc(-c3ccccc3-n3c4ccccc4c4ccccc43)cc2)c2ccc3c(c2)C(C(/C=C\C)=C/C)(c2ccccc2)c2ccccc2-3)cc1. The summed E-state index contributed by atoms with van der Waals surface area (Å²) in [6, 6.07) is 88.4. The molecular formula is C71H53N3. The summed E-state index contributed by atoms with van der Waals surface area (Å²) in [5.74, 6) is 0. The largest absolute Gasteiger partial charge is 0.310 e. The fourth-order valence-corrected chi connectivity index (χ4v) is 12.2. The van der Waals surface area contributed by atoms with Gasteiger partial charge in [-0.1, -0.05) is 207 Å². The molecule has 0 radical (unpaired) electrons. The molecule has 0 amide bonds. The fraction of sp³-hybridized carbons (Fsp3) is 0.0423. The number of allylic oxidation sites excluding steroid dienone is 6. The van der Waals surface area contributed by atoms with Gasteiger partial charge in [0.05, 0.1) is 33.2 Å². The molecule has 74 heavy (non-hydrogen) atoms. The predicted octanol–water partition coefficient (Wildman–Crippen LogP) is 19.0. The summed E-state index contributed by atoms with van der Waals surface area (Å²) in [5, 5.41) is 4.89. The van der Waals surface area contributed by atoms with Crippen LogP contribution in [-0.2, 0) is 5.41 Å². The van der Waals surface area contributed by atoms with Crippen LogP contribution in [0.15, 0.2) is 280 Å². The van der Waals surface area contributed by atoms with Crippen LogP contribution in [0.4, 0.5) is 17.1 Å². The molecule has 1 unspecified atom stereocenters. The Morgan fingerprint density at radius 1 is 0.446 bits per heavy atom. The maximum Gasteiger partial charge on any atom is 0.0711 e. The molecule has 0 saturated heterocycles. The molecule has 0 saturated carbocycles. The molecule has 3 nitrogen and oxygen atoms in total. The molecule has 0 aliphatic heterocycles. The summed E-state index contributed by atoms with van der Waals surface area (Å²) in [6.07, 6.45) is 6.75. The predicted molar refractivity (Wildman–Crippen MR) is 315 cm³/mol. The van der Waals surface area contributed by atoms with Crippen LogP contribution in [0.2, 0.25) is 0 Å². The van der Waals surface area contributed by atoms with Crippen LogP contribution in [-0.4, -0.2) is 9.13 Å². The van der Waals surface area contributed by atoms with E-state index >= 15 is 0 Å². The van der Waals surface area contributed by atoms with E-state index in [1.807, 2.05) is 0 Å². The molecule has 0 bridgehead atoms. The van der Waals surface area contributed by atoms with Crippen LogP contribution in [0, 0.1) is 0 Å². The van der Waals surface area contributed by atoms with Gasteiger partial charge in [-0.3, -0.25) is 0 Å². The minimum atomic E-state index is -0.550. The van der Waals surface area contributed by atoms with Gasteiger partial charge in [0, 0.05) is 49.9 Å². The summed E-state index contributed by atoms with van der Waals surface area (Å²) in [6.45, 7) is 13.6. The van der Waals surface area contributed by atoms with Gasteiger partial charge in [0.1, 0.15) is 0 Å². The Kier molecular flexibility index (Phi) is 10.8. The second-order valence-corrected chi connectivity index (χ2v) is 19.2. The van der Waals surface area contributed by atoms with Crippen molar-refractivity contribution in [3.8, 4) is 27.9 Å². The van der Waals surface area contributed by atoms with E-state index in [1.54, 1.807) is 0 Å². The van der Waals surface area contributed by atoms with Crippen LogP contribution in [0.25, 0.3) is 82.8 Å². The van der Waals surface area contributed by atoms with Crippen molar-refractivity contribution in [1.29, 1.82) is 0 Å². The third kappa shape index (κ3) is 6.81. The highest BCUT2D eigenvalue weighted by Gasteiger charge is 2.46. The lowest BCUT2D eigenvalue weighted by Crippen LogP contribution is -2.29. The first-order valence-corrected chi connectivity index (χ1v) is 25.5. The number of benzene rings is 10. The van der Waals surface area contributed by atoms with Crippen LogP contribution in [0.3, 0.4) is 0 Å². The highest BCUT2D eigenvalue weighted by atomic mass is 15.1. The van der Waals surface area contributed by atoms with E-state index in [1.165, 1.54) is 66.0 Å². The van der Waals surface area contributed by atoms with Gasteiger partial charge in [-0.25, -0.2) is 0 Å². The number of aromatic nitrogens is 2. The molecule has 1 aliphatic rings. The first kappa shape index (κ1) is 44.5. The highest BCUT2D eigenvalue weighted by Crippen LogP contribution is 2.58. The molecule has 0 spiro atoms. The first-order chi connectivity index (χ1) is 36.5. The minimum Gasteiger partial charge on any atom is -0.310 e. The van der Waals surface area contributed by atoms with E-state index in [0.717, 1.165) is 61.7 Å². The smallest absolute Gasteiger partial charge is 0.0711 e. The van der Waals surface area contributed by atoms with Crippen LogP contribution in [0.5, 0.6) is 0 Å². The molecule has 10 aromatic carbocycles. The van der Waals surface area contributed by atoms with Gasteiger partial charge >= 0.3 is 0 Å². The molecule has 352 valence electrons. The van der Waals surface area contributed by atoms with Gasteiger partial charge in [0.15, 0.2) is 0 Å². The summed E-state index contributed by atoms with van der Waals surface area (Å²) >= 11 is 0. The molecule has 13 rings (SSSR count). The number of hydrogen-bond donors (Lipinski definition) is 0. The zero-order valence-corrected chi connectivity index (χ0v) is 41.6. The number of anilines is 3. The molecule has 3 heteroatoms. The van der Waals surface area contributed by atoms with Gasteiger partial charge < -0.3 is 14.0 Å². The molecular weight excluding hydrogens is 895 g/mol. The Morgan fingerprint density at radius 2 is 0.932 bits per heavy atom. The lowest BCUT2D eigenvalue weighted by molar-refractivity contribution is 0.765. The standard InChI is InChI=1S/C71H53N3/c1-5-22-52(6-2)71(53-23-8-7-9-24-53)64-31-16-10-26-58(64)59-46-45-56(47-65(59)71)73(54-41-37-50(38-42-54)48(3)49(4)72-67-33-18-12-27-60(67)61-28-13-19-34-68(61)72)55-43-39-51(40-44-55)57-25-11-17-32-66(57)74-69-35-20-14-29-62(69)63-30-15-21-36-70(63)74/h5-47H,3-4H2,1-2H3/b22-5-,52-6+. The number of fused-ring (bicyclic) bond motifs is 9. The van der Waals surface area contributed by atoms with Crippen molar-refractivity contribution < 1.29 is 0 Å². The Hall–Kier alpha value is -9.44. The quantitative estimate of drug-likeness (QED) is 0.118. The van der Waals surface area contributed by atoms with Gasteiger partial charge in [0.2, 0.25) is 0 Å². The van der Waals surface area contributed by atoms with Crippen molar-refractivity contribution in [2.24, 2.45) is 0 Å². The molecule has 0 N–H and O–H groups in total. The number of rotatable bonds is 11. The van der Waals surface area contributed by atoms with E-state index in [9.17, 15) is 0 Å². The van der Waals surface area contributed by atoms with E-state index in [2.05, 4.69) is 302 Å². The lowest BCUT2D eigenvalue weighted by Gasteiger charge is -2.35. The average Bonchev–Trinajstić information content (AvgIpc) is 4.10.